The maximum Gasteiger partial charge on any atom is 0.161 e. The van der Waals surface area contributed by atoms with Crippen LogP contribution in [0.2, 0.25) is 10.0 Å². The summed E-state index contributed by atoms with van der Waals surface area (Å²) in [6, 6.07) is 11.0. The summed E-state index contributed by atoms with van der Waals surface area (Å²) in [5.41, 5.74) is 1.89. The molecule has 1 saturated heterocycles. The Bertz CT molecular complexity index is 850. The van der Waals surface area contributed by atoms with Crippen LogP contribution in [0.25, 0.3) is 6.08 Å². The van der Waals surface area contributed by atoms with E-state index < -0.39 is 6.10 Å². The molecule has 0 bridgehead atoms. The van der Waals surface area contributed by atoms with E-state index >= 15 is 0 Å². The largest absolute Gasteiger partial charge is 0.504 e. The normalized spacial score (nSPS) is 16.3. The number of rotatable bonds is 7. The first kappa shape index (κ1) is 21.8. The Morgan fingerprint density at radius 3 is 2.59 bits per heavy atom. The minimum atomic E-state index is -0.579. The number of halogens is 2. The van der Waals surface area contributed by atoms with Crippen LogP contribution >= 0.6 is 23.2 Å². The molecule has 0 aliphatic carbocycles. The van der Waals surface area contributed by atoms with E-state index in [1.807, 2.05) is 24.3 Å². The number of aliphatic hydroxyl groups excluding tert-OH is 1. The number of benzene rings is 2. The van der Waals surface area contributed by atoms with Gasteiger partial charge in [0.15, 0.2) is 11.5 Å². The van der Waals surface area contributed by atoms with Gasteiger partial charge in [0, 0.05) is 32.7 Å². The van der Waals surface area contributed by atoms with Gasteiger partial charge in [0.1, 0.15) is 6.61 Å². The van der Waals surface area contributed by atoms with Crippen LogP contribution in [-0.4, -0.2) is 60.5 Å². The molecule has 1 fully saturated rings. The maximum atomic E-state index is 10.1. The first-order valence-electron chi connectivity index (χ1n) is 9.66. The van der Waals surface area contributed by atoms with Gasteiger partial charge >= 0.3 is 0 Å². The molecule has 0 spiro atoms. The van der Waals surface area contributed by atoms with Crippen LogP contribution in [0.4, 0.5) is 5.69 Å². The van der Waals surface area contributed by atoms with Crippen molar-refractivity contribution in [2.75, 3.05) is 44.2 Å². The van der Waals surface area contributed by atoms with Crippen LogP contribution in [0.1, 0.15) is 12.5 Å². The second-order valence-electron chi connectivity index (χ2n) is 7.15. The van der Waals surface area contributed by atoms with E-state index in [2.05, 4.69) is 15.9 Å². The Morgan fingerprint density at radius 2 is 1.90 bits per heavy atom. The van der Waals surface area contributed by atoms with Gasteiger partial charge in [0.25, 0.3) is 0 Å². The van der Waals surface area contributed by atoms with Crippen LogP contribution < -0.4 is 9.64 Å². The number of hydrogen-bond donors (Lipinski definition) is 2. The zero-order valence-corrected chi connectivity index (χ0v) is 17.9. The molecule has 1 aliphatic heterocycles. The minimum absolute atomic E-state index is 0.0693. The molecule has 156 valence electrons. The first-order valence-corrected chi connectivity index (χ1v) is 10.4. The minimum Gasteiger partial charge on any atom is -0.504 e. The van der Waals surface area contributed by atoms with Gasteiger partial charge in [-0.25, -0.2) is 0 Å². The quantitative estimate of drug-likeness (QED) is 0.677. The number of aromatic hydroxyl groups is 1. The molecular weight excluding hydrogens is 411 g/mol. The lowest BCUT2D eigenvalue weighted by Gasteiger charge is -2.36. The maximum absolute atomic E-state index is 10.1. The van der Waals surface area contributed by atoms with Gasteiger partial charge < -0.3 is 19.8 Å². The molecule has 1 unspecified atom stereocenters. The van der Waals surface area contributed by atoms with Gasteiger partial charge in [-0.1, -0.05) is 47.5 Å². The summed E-state index contributed by atoms with van der Waals surface area (Å²) in [4.78, 5) is 4.63. The second kappa shape index (κ2) is 10.2. The third-order valence-electron chi connectivity index (χ3n) is 4.78. The summed E-state index contributed by atoms with van der Waals surface area (Å²) in [5, 5.41) is 20.5. The predicted octanol–water partition coefficient (Wildman–Crippen LogP) is 4.29. The summed E-state index contributed by atoms with van der Waals surface area (Å²) < 4.78 is 5.36. The van der Waals surface area contributed by atoms with Crippen LogP contribution in [0, 0.1) is 0 Å². The van der Waals surface area contributed by atoms with Crippen molar-refractivity contribution in [3.05, 3.63) is 58.1 Å². The van der Waals surface area contributed by atoms with E-state index in [4.69, 9.17) is 27.9 Å². The Morgan fingerprint density at radius 1 is 1.14 bits per heavy atom. The highest BCUT2D eigenvalue weighted by atomic mass is 35.5. The Labute approximate surface area is 181 Å². The third-order valence-corrected chi connectivity index (χ3v) is 5.59. The highest BCUT2D eigenvalue weighted by Crippen LogP contribution is 2.33. The lowest BCUT2D eigenvalue weighted by Crippen LogP contribution is -2.46. The molecule has 3 rings (SSSR count). The average molecular weight is 437 g/mol. The number of piperazine rings is 1. The topological polar surface area (TPSA) is 56.2 Å². The number of phenols is 1. The molecule has 1 heterocycles. The molecule has 0 amide bonds. The van der Waals surface area contributed by atoms with E-state index in [1.165, 1.54) is 0 Å². The fourth-order valence-electron chi connectivity index (χ4n) is 3.22. The molecule has 7 heteroatoms. The zero-order chi connectivity index (χ0) is 20.8. The number of hydrogen-bond acceptors (Lipinski definition) is 5. The zero-order valence-electron chi connectivity index (χ0n) is 16.4. The lowest BCUT2D eigenvalue weighted by atomic mass is 10.2. The number of nitrogens with zero attached hydrogens (tertiary/aromatic N) is 2. The van der Waals surface area contributed by atoms with Crippen LogP contribution in [0.3, 0.4) is 0 Å². The standard InChI is InChI=1S/C22H26Cl2N2O3/c1-16(27)15-29-21-8-7-17(14-20(21)28)4-3-9-25-10-12-26(13-11-25)19-6-2-5-18(23)22(19)24/h2-8,14,16,27-28H,9-13,15H2,1H3. The third kappa shape index (κ3) is 6.03. The fraction of sp³-hybridized carbons (Fsp3) is 0.364. The SMILES string of the molecule is CC(O)COc1ccc(C=CCN2CCN(c3cccc(Cl)c3Cl)CC2)cc1O. The molecule has 5 nitrogen and oxygen atoms in total. The van der Waals surface area contributed by atoms with E-state index in [-0.39, 0.29) is 12.4 Å². The summed E-state index contributed by atoms with van der Waals surface area (Å²) in [6.45, 7) is 6.27. The molecule has 2 N–H and O–H groups in total. The molecule has 0 aromatic heterocycles. The molecule has 2 aromatic carbocycles. The Balaban J connectivity index is 1.49. The fourth-order valence-corrected chi connectivity index (χ4v) is 3.63. The average Bonchev–Trinajstić information content (AvgIpc) is 2.70. The highest BCUT2D eigenvalue weighted by molar-refractivity contribution is 6.43. The molecular formula is C22H26Cl2N2O3. The predicted molar refractivity (Wildman–Crippen MR) is 119 cm³/mol. The van der Waals surface area contributed by atoms with Crippen molar-refractivity contribution in [3.8, 4) is 11.5 Å². The smallest absolute Gasteiger partial charge is 0.161 e. The van der Waals surface area contributed by atoms with Crippen LogP contribution in [0.5, 0.6) is 11.5 Å². The summed E-state index contributed by atoms with van der Waals surface area (Å²) in [5.74, 6) is 0.443. The summed E-state index contributed by atoms with van der Waals surface area (Å²) >= 11 is 12.5. The number of anilines is 1. The van der Waals surface area contributed by atoms with Gasteiger partial charge in [-0.15, -0.1) is 0 Å². The summed E-state index contributed by atoms with van der Waals surface area (Å²) in [7, 11) is 0. The highest BCUT2D eigenvalue weighted by Gasteiger charge is 2.19. The molecule has 29 heavy (non-hydrogen) atoms. The molecule has 1 aliphatic rings. The van der Waals surface area contributed by atoms with Crippen molar-refractivity contribution >= 4 is 35.0 Å². The van der Waals surface area contributed by atoms with E-state index in [9.17, 15) is 10.2 Å². The van der Waals surface area contributed by atoms with Gasteiger partial charge in [-0.3, -0.25) is 4.90 Å². The van der Waals surface area contributed by atoms with Gasteiger partial charge in [-0.05, 0) is 36.8 Å². The van der Waals surface area contributed by atoms with Gasteiger partial charge in [-0.2, -0.15) is 0 Å². The van der Waals surface area contributed by atoms with Crippen LogP contribution in [-0.2, 0) is 0 Å². The van der Waals surface area contributed by atoms with E-state index in [0.29, 0.717) is 15.8 Å². The molecule has 0 saturated carbocycles. The van der Waals surface area contributed by atoms with Crippen molar-refractivity contribution in [1.82, 2.24) is 4.90 Å². The molecule has 2 aromatic rings. The van der Waals surface area contributed by atoms with Crippen molar-refractivity contribution in [2.45, 2.75) is 13.0 Å². The Kier molecular flexibility index (Phi) is 7.67. The van der Waals surface area contributed by atoms with E-state index in [1.54, 1.807) is 25.1 Å². The number of ether oxygens (including phenoxy) is 1. The van der Waals surface area contributed by atoms with Crippen LogP contribution in [0.15, 0.2) is 42.5 Å². The lowest BCUT2D eigenvalue weighted by molar-refractivity contribution is 0.121. The van der Waals surface area contributed by atoms with Crippen molar-refractivity contribution in [2.24, 2.45) is 0 Å². The van der Waals surface area contributed by atoms with Gasteiger partial charge in [0.05, 0.1) is 21.8 Å². The monoisotopic (exact) mass is 436 g/mol. The molecule has 0 radical (unpaired) electrons. The van der Waals surface area contributed by atoms with Crippen molar-refractivity contribution < 1.29 is 14.9 Å². The second-order valence-corrected chi connectivity index (χ2v) is 7.94. The molecule has 1 atom stereocenters. The number of aliphatic hydroxyl groups is 1. The summed E-state index contributed by atoms with van der Waals surface area (Å²) in [6.07, 6.45) is 3.50. The van der Waals surface area contributed by atoms with Crippen molar-refractivity contribution in [1.29, 1.82) is 0 Å². The number of phenolic OH excluding ortho intramolecular Hbond substituents is 1. The Hall–Kier alpha value is -1.92. The van der Waals surface area contributed by atoms with E-state index in [0.717, 1.165) is 44.0 Å². The van der Waals surface area contributed by atoms with Gasteiger partial charge in [0.2, 0.25) is 0 Å². The van der Waals surface area contributed by atoms with Crippen molar-refractivity contribution in [3.63, 3.8) is 0 Å². The first-order chi connectivity index (χ1) is 13.9.